The van der Waals surface area contributed by atoms with Gasteiger partial charge >= 0.3 is 29.9 Å². The fourth-order valence-corrected chi connectivity index (χ4v) is 1.80. The van der Waals surface area contributed by atoms with Crippen LogP contribution in [0, 0.1) is 0 Å². The van der Waals surface area contributed by atoms with Gasteiger partial charge in [0.05, 0.1) is 0 Å². The smallest absolute Gasteiger partial charge is 0.244 e. The van der Waals surface area contributed by atoms with E-state index >= 15 is 0 Å². The van der Waals surface area contributed by atoms with Crippen molar-refractivity contribution in [2.75, 3.05) is 0 Å². The normalized spacial score (nSPS) is 19.1. The Kier molecular flexibility index (Phi) is 5.88. The van der Waals surface area contributed by atoms with Crippen LogP contribution < -0.4 is 0 Å². The molecule has 0 aromatic rings. The Morgan fingerprint density at radius 3 is 1.17 bits per heavy atom. The largest absolute Gasteiger partial charge is 0.460 e. The van der Waals surface area contributed by atoms with Gasteiger partial charge in [-0.2, -0.15) is 48.3 Å². The summed E-state index contributed by atoms with van der Waals surface area (Å²) in [7, 11) is 0. The van der Waals surface area contributed by atoms with E-state index in [0.29, 0.717) is 13.8 Å². The fraction of sp³-hybridized carbons (Fsp3) is 1.00. The minimum absolute atomic E-state index is 0.312. The summed E-state index contributed by atoms with van der Waals surface area (Å²) in [5, 5.41) is 0. The van der Waals surface area contributed by atoms with Crippen molar-refractivity contribution in [1.82, 2.24) is 0 Å². The molecular formula is C11H11F13. The Morgan fingerprint density at radius 2 is 0.917 bits per heavy atom. The Labute approximate surface area is 127 Å². The van der Waals surface area contributed by atoms with Gasteiger partial charge in [0.1, 0.15) is 6.17 Å². The number of rotatable bonds is 7. The Hall–Kier alpha value is -0.910. The second-order valence-electron chi connectivity index (χ2n) is 4.89. The standard InChI is InChI=1S/C11H11F13/c1-3-5(12)6(13,4-2)7(14,15)8(16,17)9(18,19)10(20,21)11(22,23)24/h5H,3-4H2,1-2H3. The molecule has 146 valence electrons. The second kappa shape index (κ2) is 6.11. The van der Waals surface area contributed by atoms with Crippen LogP contribution in [0.2, 0.25) is 0 Å². The number of halogens is 13. The molecule has 0 aliphatic carbocycles. The van der Waals surface area contributed by atoms with Gasteiger partial charge in [-0.25, -0.2) is 8.78 Å². The molecule has 0 aliphatic heterocycles. The fourth-order valence-electron chi connectivity index (χ4n) is 1.80. The molecular weight excluding hydrogens is 379 g/mol. The molecule has 0 aromatic carbocycles. The Balaban J connectivity index is 6.39. The van der Waals surface area contributed by atoms with E-state index in [9.17, 15) is 57.1 Å². The summed E-state index contributed by atoms with van der Waals surface area (Å²) < 4.78 is 168. The molecule has 0 nitrogen and oxygen atoms in total. The first-order chi connectivity index (χ1) is 10.3. The molecule has 0 radical (unpaired) electrons. The lowest BCUT2D eigenvalue weighted by Gasteiger charge is -2.43. The molecule has 24 heavy (non-hydrogen) atoms. The quantitative estimate of drug-likeness (QED) is 0.471. The molecule has 2 unspecified atom stereocenters. The van der Waals surface area contributed by atoms with Crippen LogP contribution >= 0.6 is 0 Å². The molecule has 0 bridgehead atoms. The zero-order valence-corrected chi connectivity index (χ0v) is 11.9. The van der Waals surface area contributed by atoms with Gasteiger partial charge in [0.15, 0.2) is 0 Å². The van der Waals surface area contributed by atoms with E-state index in [1.807, 2.05) is 0 Å². The van der Waals surface area contributed by atoms with Crippen LogP contribution in [0.4, 0.5) is 57.1 Å². The highest BCUT2D eigenvalue weighted by Crippen LogP contribution is 2.61. The topological polar surface area (TPSA) is 0 Å². The first kappa shape index (κ1) is 23.1. The van der Waals surface area contributed by atoms with E-state index < -0.39 is 54.5 Å². The predicted molar refractivity (Wildman–Crippen MR) is 55.2 cm³/mol. The van der Waals surface area contributed by atoms with Crippen molar-refractivity contribution in [1.29, 1.82) is 0 Å². The molecule has 0 saturated carbocycles. The summed E-state index contributed by atoms with van der Waals surface area (Å²) in [6.45, 7) is 0.956. The molecule has 0 N–H and O–H groups in total. The predicted octanol–water partition coefficient (Wildman–Crippen LogP) is 5.96. The van der Waals surface area contributed by atoms with Gasteiger partial charge in [0, 0.05) is 0 Å². The maximum absolute atomic E-state index is 13.9. The van der Waals surface area contributed by atoms with Crippen molar-refractivity contribution < 1.29 is 57.1 Å². The maximum atomic E-state index is 13.9. The molecule has 0 fully saturated rings. The van der Waals surface area contributed by atoms with Crippen LogP contribution in [0.25, 0.3) is 0 Å². The SMILES string of the molecule is CCC(F)C(F)(CC)C(F)(F)C(F)(F)C(F)(F)C(F)(F)C(F)(F)F. The van der Waals surface area contributed by atoms with E-state index in [2.05, 4.69) is 0 Å². The van der Waals surface area contributed by atoms with Crippen LogP contribution in [-0.4, -0.2) is 41.7 Å². The summed E-state index contributed by atoms with van der Waals surface area (Å²) in [6.07, 6.45) is -14.0. The minimum atomic E-state index is -7.75. The monoisotopic (exact) mass is 390 g/mol. The molecule has 13 heteroatoms. The van der Waals surface area contributed by atoms with E-state index in [1.54, 1.807) is 0 Å². The lowest BCUT2D eigenvalue weighted by molar-refractivity contribution is -0.434. The second-order valence-corrected chi connectivity index (χ2v) is 4.89. The molecule has 0 amide bonds. The molecule has 0 spiro atoms. The van der Waals surface area contributed by atoms with Crippen LogP contribution in [0.15, 0.2) is 0 Å². The number of alkyl halides is 13. The van der Waals surface area contributed by atoms with Crippen molar-refractivity contribution in [3.05, 3.63) is 0 Å². The highest BCUT2D eigenvalue weighted by Gasteiger charge is 2.90. The summed E-state index contributed by atoms with van der Waals surface area (Å²) >= 11 is 0. The Bertz CT molecular complexity index is 438. The summed E-state index contributed by atoms with van der Waals surface area (Å²) in [4.78, 5) is 0. The third-order valence-electron chi connectivity index (χ3n) is 3.43. The third-order valence-corrected chi connectivity index (χ3v) is 3.43. The minimum Gasteiger partial charge on any atom is -0.244 e. The maximum Gasteiger partial charge on any atom is 0.460 e. The van der Waals surface area contributed by atoms with E-state index in [4.69, 9.17) is 0 Å². The van der Waals surface area contributed by atoms with Crippen LogP contribution in [0.3, 0.4) is 0 Å². The number of hydrogen-bond acceptors (Lipinski definition) is 0. The van der Waals surface area contributed by atoms with Crippen LogP contribution in [-0.2, 0) is 0 Å². The summed E-state index contributed by atoms with van der Waals surface area (Å²) in [5.41, 5.74) is -5.10. The summed E-state index contributed by atoms with van der Waals surface area (Å²) in [5.74, 6) is -29.8. The van der Waals surface area contributed by atoms with Crippen molar-refractivity contribution in [2.24, 2.45) is 0 Å². The van der Waals surface area contributed by atoms with Gasteiger partial charge in [-0.05, 0) is 12.8 Å². The zero-order chi connectivity index (χ0) is 20.0. The van der Waals surface area contributed by atoms with Crippen LogP contribution in [0.5, 0.6) is 0 Å². The lowest BCUT2D eigenvalue weighted by Crippen LogP contribution is -2.72. The molecule has 0 aliphatic rings. The van der Waals surface area contributed by atoms with Crippen molar-refractivity contribution in [3.8, 4) is 0 Å². The zero-order valence-electron chi connectivity index (χ0n) is 11.9. The van der Waals surface area contributed by atoms with Gasteiger partial charge < -0.3 is 0 Å². The molecule has 0 rings (SSSR count). The first-order valence-corrected chi connectivity index (χ1v) is 6.20. The molecule has 0 heterocycles. The van der Waals surface area contributed by atoms with E-state index in [0.717, 1.165) is 0 Å². The van der Waals surface area contributed by atoms with E-state index in [1.165, 1.54) is 0 Å². The van der Waals surface area contributed by atoms with Crippen molar-refractivity contribution >= 4 is 0 Å². The highest BCUT2D eigenvalue weighted by molar-refractivity contribution is 5.14. The number of hydrogen-bond donors (Lipinski definition) is 0. The average Bonchev–Trinajstić information content (AvgIpc) is 2.43. The average molecular weight is 390 g/mol. The van der Waals surface area contributed by atoms with Gasteiger partial charge in [0.25, 0.3) is 0 Å². The third kappa shape index (κ3) is 2.80. The van der Waals surface area contributed by atoms with Crippen LogP contribution in [0.1, 0.15) is 26.7 Å². The Morgan fingerprint density at radius 1 is 0.583 bits per heavy atom. The molecule has 2 atom stereocenters. The molecule has 0 saturated heterocycles. The summed E-state index contributed by atoms with van der Waals surface area (Å²) in [6, 6.07) is 0. The van der Waals surface area contributed by atoms with Gasteiger partial charge in [0.2, 0.25) is 5.67 Å². The van der Waals surface area contributed by atoms with Crippen molar-refractivity contribution in [2.45, 2.75) is 68.4 Å². The van der Waals surface area contributed by atoms with Gasteiger partial charge in [-0.1, -0.05) is 13.8 Å². The highest BCUT2D eigenvalue weighted by atomic mass is 19.4. The van der Waals surface area contributed by atoms with Gasteiger partial charge in [-0.15, -0.1) is 0 Å². The first-order valence-electron chi connectivity index (χ1n) is 6.20. The lowest BCUT2D eigenvalue weighted by atomic mass is 9.81. The van der Waals surface area contributed by atoms with Crippen molar-refractivity contribution in [3.63, 3.8) is 0 Å². The molecule has 0 aromatic heterocycles. The van der Waals surface area contributed by atoms with Gasteiger partial charge in [-0.3, -0.25) is 0 Å². The van der Waals surface area contributed by atoms with E-state index in [-0.39, 0.29) is 0 Å².